The molecule has 0 aromatic rings. The van der Waals surface area contributed by atoms with E-state index < -0.39 is 0 Å². The van der Waals surface area contributed by atoms with Crippen LogP contribution >= 0.6 is 11.3 Å². The van der Waals surface area contributed by atoms with E-state index in [9.17, 15) is 0 Å². The molecule has 0 aromatic carbocycles. The normalized spacial score (nSPS) is 10.6. The molecule has 0 radical (unpaired) electrons. The number of rotatable bonds is 1. The topological polar surface area (TPSA) is 0 Å². The summed E-state index contributed by atoms with van der Waals surface area (Å²) < 4.78 is 0. The Labute approximate surface area is 70.8 Å². The van der Waals surface area contributed by atoms with Crippen LogP contribution in [0.15, 0.2) is 29.6 Å². The molecule has 1 heteroatoms. The third kappa shape index (κ3) is 1.05. The predicted molar refractivity (Wildman–Crippen MR) is 50.3 cm³/mol. The second kappa shape index (κ2) is 2.67. The lowest BCUT2D eigenvalue weighted by atomic mass is 10.2. The van der Waals surface area contributed by atoms with Crippen molar-refractivity contribution < 1.29 is 0 Å². The summed E-state index contributed by atoms with van der Waals surface area (Å²) in [7, 11) is 0. The fraction of sp³-hybridized carbons (Fsp3) is 0.200. The van der Waals surface area contributed by atoms with E-state index in [0.29, 0.717) is 0 Å². The molecule has 1 aliphatic heterocycles. The molecule has 2 rings (SSSR count). The summed E-state index contributed by atoms with van der Waals surface area (Å²) in [5, 5.41) is 2.14. The zero-order valence-electron chi connectivity index (χ0n) is 6.50. The molecular formula is C10H10S. The first-order valence-electron chi connectivity index (χ1n) is 3.87. The molecule has 1 heterocycles. The standard InChI is InChI=1S/C10H10S/c1-2-8-5-6-9-4-3-7-11-10(8)9/h3-7H,2H2,1H3. The maximum atomic E-state index is 2.22. The van der Waals surface area contributed by atoms with Gasteiger partial charge in [-0.05, 0) is 22.9 Å². The molecule has 0 aromatic heterocycles. The average molecular weight is 162 g/mol. The Morgan fingerprint density at radius 3 is 3.00 bits per heavy atom. The molecular weight excluding hydrogens is 152 g/mol. The van der Waals surface area contributed by atoms with E-state index in [1.165, 1.54) is 16.0 Å². The van der Waals surface area contributed by atoms with Gasteiger partial charge in [-0.15, -0.1) is 11.3 Å². The molecule has 0 fully saturated rings. The SMILES string of the molecule is CCc1ccc2cccsc1-2. The van der Waals surface area contributed by atoms with Crippen molar-refractivity contribution >= 4 is 11.3 Å². The summed E-state index contributed by atoms with van der Waals surface area (Å²) in [6.07, 6.45) is 1.14. The molecule has 0 atom stereocenters. The van der Waals surface area contributed by atoms with Crippen molar-refractivity contribution in [2.45, 2.75) is 13.3 Å². The molecule has 11 heavy (non-hydrogen) atoms. The maximum Gasteiger partial charge on any atom is 0.0374 e. The van der Waals surface area contributed by atoms with Crippen LogP contribution in [0.4, 0.5) is 0 Å². The van der Waals surface area contributed by atoms with Gasteiger partial charge < -0.3 is 0 Å². The molecule has 0 amide bonds. The number of hydrogen-bond acceptors (Lipinski definition) is 1. The van der Waals surface area contributed by atoms with Gasteiger partial charge in [0, 0.05) is 4.88 Å². The van der Waals surface area contributed by atoms with Gasteiger partial charge in [-0.3, -0.25) is 0 Å². The van der Waals surface area contributed by atoms with Gasteiger partial charge in [-0.1, -0.05) is 31.2 Å². The summed E-state index contributed by atoms with van der Waals surface area (Å²) in [5.41, 5.74) is 2.86. The van der Waals surface area contributed by atoms with Gasteiger partial charge in [0.25, 0.3) is 0 Å². The van der Waals surface area contributed by atoms with Crippen LogP contribution in [0.25, 0.3) is 10.4 Å². The highest BCUT2D eigenvalue weighted by atomic mass is 32.1. The third-order valence-corrected chi connectivity index (χ3v) is 2.97. The van der Waals surface area contributed by atoms with Gasteiger partial charge >= 0.3 is 0 Å². The van der Waals surface area contributed by atoms with Crippen LogP contribution in [0.1, 0.15) is 12.5 Å². The Hall–Kier alpha value is -0.820. The van der Waals surface area contributed by atoms with E-state index in [4.69, 9.17) is 0 Å². The van der Waals surface area contributed by atoms with E-state index in [2.05, 4.69) is 36.6 Å². The van der Waals surface area contributed by atoms with Gasteiger partial charge in [0.2, 0.25) is 0 Å². The molecule has 0 unspecified atom stereocenters. The Morgan fingerprint density at radius 1 is 1.27 bits per heavy atom. The van der Waals surface area contributed by atoms with Crippen LogP contribution in [-0.4, -0.2) is 0 Å². The van der Waals surface area contributed by atoms with Crippen molar-refractivity contribution in [3.63, 3.8) is 0 Å². The highest BCUT2D eigenvalue weighted by Gasteiger charge is 2.05. The smallest absolute Gasteiger partial charge is 0.0374 e. The van der Waals surface area contributed by atoms with Crippen molar-refractivity contribution in [3.8, 4) is 10.4 Å². The lowest BCUT2D eigenvalue weighted by Gasteiger charge is -1.98. The van der Waals surface area contributed by atoms with Crippen LogP contribution in [-0.2, 0) is 6.42 Å². The second-order valence-electron chi connectivity index (χ2n) is 2.61. The summed E-state index contributed by atoms with van der Waals surface area (Å²) in [6, 6.07) is 8.70. The number of aryl methyl sites for hydroxylation is 1. The monoisotopic (exact) mass is 162 g/mol. The number of fused-ring (bicyclic) bond motifs is 1. The summed E-state index contributed by atoms with van der Waals surface area (Å²) in [5.74, 6) is 0. The van der Waals surface area contributed by atoms with Crippen LogP contribution in [0.3, 0.4) is 0 Å². The van der Waals surface area contributed by atoms with E-state index in [0.717, 1.165) is 6.42 Å². The minimum absolute atomic E-state index is 1.14. The summed E-state index contributed by atoms with van der Waals surface area (Å²) in [6.45, 7) is 2.20. The highest BCUT2D eigenvalue weighted by molar-refractivity contribution is 7.13. The van der Waals surface area contributed by atoms with Crippen LogP contribution < -0.4 is 0 Å². The molecule has 1 aliphatic carbocycles. The first kappa shape index (κ1) is 6.86. The number of hydrogen-bond donors (Lipinski definition) is 0. The zero-order chi connectivity index (χ0) is 7.68. The van der Waals surface area contributed by atoms with Crippen LogP contribution in [0.5, 0.6) is 0 Å². The van der Waals surface area contributed by atoms with Crippen LogP contribution in [0.2, 0.25) is 0 Å². The minimum Gasteiger partial charge on any atom is -0.144 e. The summed E-state index contributed by atoms with van der Waals surface area (Å²) >= 11 is 1.83. The Bertz CT molecular complexity index is 322. The van der Waals surface area contributed by atoms with Crippen molar-refractivity contribution in [1.82, 2.24) is 0 Å². The highest BCUT2D eigenvalue weighted by Crippen LogP contribution is 2.31. The fourth-order valence-electron chi connectivity index (χ4n) is 1.33. The largest absolute Gasteiger partial charge is 0.144 e. The molecule has 56 valence electrons. The molecule has 0 saturated carbocycles. The van der Waals surface area contributed by atoms with E-state index >= 15 is 0 Å². The quantitative estimate of drug-likeness (QED) is 0.602. The van der Waals surface area contributed by atoms with Crippen molar-refractivity contribution in [2.75, 3.05) is 0 Å². The Balaban J connectivity index is 2.64. The van der Waals surface area contributed by atoms with Crippen molar-refractivity contribution in [3.05, 3.63) is 35.2 Å². The molecule has 0 spiro atoms. The Morgan fingerprint density at radius 2 is 2.18 bits per heavy atom. The van der Waals surface area contributed by atoms with Crippen molar-refractivity contribution in [2.24, 2.45) is 0 Å². The minimum atomic E-state index is 1.14. The van der Waals surface area contributed by atoms with Gasteiger partial charge in [0.1, 0.15) is 0 Å². The first-order valence-corrected chi connectivity index (χ1v) is 4.75. The zero-order valence-corrected chi connectivity index (χ0v) is 7.32. The maximum absolute atomic E-state index is 2.22. The molecule has 0 saturated heterocycles. The van der Waals surface area contributed by atoms with E-state index in [-0.39, 0.29) is 0 Å². The average Bonchev–Trinajstić information content (AvgIpc) is 2.47. The lowest BCUT2D eigenvalue weighted by Crippen LogP contribution is -1.75. The Kier molecular flexibility index (Phi) is 1.66. The van der Waals surface area contributed by atoms with Crippen LogP contribution in [0, 0.1) is 0 Å². The summed E-state index contributed by atoms with van der Waals surface area (Å²) in [4.78, 5) is 1.45. The third-order valence-electron chi connectivity index (χ3n) is 1.94. The van der Waals surface area contributed by atoms with E-state index in [1.54, 1.807) is 0 Å². The van der Waals surface area contributed by atoms with Crippen molar-refractivity contribution in [1.29, 1.82) is 0 Å². The molecule has 0 N–H and O–H groups in total. The van der Waals surface area contributed by atoms with Gasteiger partial charge in [0.05, 0.1) is 0 Å². The molecule has 0 nitrogen and oxygen atoms in total. The second-order valence-corrected chi connectivity index (χ2v) is 3.53. The lowest BCUT2D eigenvalue weighted by molar-refractivity contribution is 1.16. The van der Waals surface area contributed by atoms with Gasteiger partial charge in [0.15, 0.2) is 0 Å². The fourth-order valence-corrected chi connectivity index (χ4v) is 2.26. The molecule has 2 aliphatic rings. The van der Waals surface area contributed by atoms with Gasteiger partial charge in [-0.2, -0.15) is 0 Å². The molecule has 0 bridgehead atoms. The van der Waals surface area contributed by atoms with Gasteiger partial charge in [-0.25, -0.2) is 0 Å². The van der Waals surface area contributed by atoms with E-state index in [1.807, 2.05) is 11.3 Å². The predicted octanol–water partition coefficient (Wildman–Crippen LogP) is 3.42. The first-order chi connectivity index (χ1) is 5.42.